The van der Waals surface area contributed by atoms with Crippen LogP contribution < -0.4 is 15.4 Å². The van der Waals surface area contributed by atoms with Gasteiger partial charge in [-0.3, -0.25) is 14.2 Å². The quantitative estimate of drug-likeness (QED) is 0.273. The lowest BCUT2D eigenvalue weighted by molar-refractivity contribution is -0.137. The summed E-state index contributed by atoms with van der Waals surface area (Å²) in [6, 6.07) is 18.3. The van der Waals surface area contributed by atoms with Gasteiger partial charge in [-0.25, -0.2) is 0 Å². The van der Waals surface area contributed by atoms with Gasteiger partial charge >= 0.3 is 6.18 Å². The molecule has 0 atom stereocenters. The predicted octanol–water partition coefficient (Wildman–Crippen LogP) is 5.26. The zero-order chi connectivity index (χ0) is 28.0. The Morgan fingerprint density at radius 3 is 2.23 bits per heavy atom. The first kappa shape index (κ1) is 27.7. The molecule has 0 saturated carbocycles. The number of rotatable bonds is 9. The summed E-state index contributed by atoms with van der Waals surface area (Å²) in [6.07, 6.45) is -4.49. The molecule has 0 saturated heterocycles. The molecule has 12 heteroatoms. The van der Waals surface area contributed by atoms with Crippen LogP contribution in [0.4, 0.5) is 18.9 Å². The molecule has 1 heterocycles. The molecule has 1 aromatic heterocycles. The average molecular weight is 556 g/mol. The predicted molar refractivity (Wildman–Crippen MR) is 141 cm³/mol. The molecule has 4 rings (SSSR count). The summed E-state index contributed by atoms with van der Waals surface area (Å²) in [4.78, 5) is 25.2. The number of nitrogens with one attached hydrogen (secondary N) is 2. The van der Waals surface area contributed by atoms with Crippen LogP contribution in [0.25, 0.3) is 5.69 Å². The van der Waals surface area contributed by atoms with E-state index in [2.05, 4.69) is 20.8 Å². The zero-order valence-electron chi connectivity index (χ0n) is 21.0. The van der Waals surface area contributed by atoms with E-state index in [1.54, 1.807) is 36.4 Å². The Bertz CT molecular complexity index is 1440. The highest BCUT2D eigenvalue weighted by Crippen LogP contribution is 2.31. The van der Waals surface area contributed by atoms with Crippen molar-refractivity contribution in [1.29, 1.82) is 0 Å². The SMILES string of the molecule is COc1ccc(C(=O)NCc2nnc(SCC(=O)Nc3ccc(C)cc3)n2-c2ccc(C(F)(F)F)cc2)cc1. The van der Waals surface area contributed by atoms with Crippen molar-refractivity contribution in [3.05, 3.63) is 95.3 Å². The number of hydrogen-bond acceptors (Lipinski definition) is 6. The molecule has 0 fully saturated rings. The fourth-order valence-electron chi connectivity index (χ4n) is 3.53. The summed E-state index contributed by atoms with van der Waals surface area (Å²) < 4.78 is 46.0. The van der Waals surface area contributed by atoms with E-state index in [0.29, 0.717) is 22.7 Å². The molecule has 0 aliphatic rings. The molecule has 2 amide bonds. The lowest BCUT2D eigenvalue weighted by atomic mass is 10.2. The summed E-state index contributed by atoms with van der Waals surface area (Å²) in [5.74, 6) is 0.177. The van der Waals surface area contributed by atoms with Crippen LogP contribution in [0.3, 0.4) is 0 Å². The number of benzene rings is 3. The maximum Gasteiger partial charge on any atom is 0.416 e. The van der Waals surface area contributed by atoms with E-state index < -0.39 is 11.7 Å². The van der Waals surface area contributed by atoms with Gasteiger partial charge in [0.1, 0.15) is 5.75 Å². The van der Waals surface area contributed by atoms with Gasteiger partial charge in [0.2, 0.25) is 5.91 Å². The number of alkyl halides is 3. The summed E-state index contributed by atoms with van der Waals surface area (Å²) in [5.41, 5.74) is 1.62. The number of hydrogen-bond donors (Lipinski definition) is 2. The van der Waals surface area contributed by atoms with Crippen molar-refractivity contribution in [3.8, 4) is 11.4 Å². The first-order chi connectivity index (χ1) is 18.6. The van der Waals surface area contributed by atoms with Gasteiger partial charge in [-0.05, 0) is 67.6 Å². The maximum atomic E-state index is 13.1. The van der Waals surface area contributed by atoms with Crippen LogP contribution in [0.15, 0.2) is 78.0 Å². The molecular formula is C27H24F3N5O3S. The average Bonchev–Trinajstić information content (AvgIpc) is 3.34. The normalized spacial score (nSPS) is 11.2. The van der Waals surface area contributed by atoms with Crippen molar-refractivity contribution in [2.75, 3.05) is 18.2 Å². The topological polar surface area (TPSA) is 98.1 Å². The largest absolute Gasteiger partial charge is 0.497 e. The van der Waals surface area contributed by atoms with Crippen molar-refractivity contribution in [2.24, 2.45) is 0 Å². The van der Waals surface area contributed by atoms with E-state index in [4.69, 9.17) is 4.74 Å². The van der Waals surface area contributed by atoms with Gasteiger partial charge in [0.05, 0.1) is 25.0 Å². The lowest BCUT2D eigenvalue weighted by Crippen LogP contribution is -2.24. The second-order valence-electron chi connectivity index (χ2n) is 8.39. The number of methoxy groups -OCH3 is 1. The zero-order valence-corrected chi connectivity index (χ0v) is 21.8. The molecule has 0 bridgehead atoms. The summed E-state index contributed by atoms with van der Waals surface area (Å²) in [7, 11) is 1.52. The third-order valence-corrected chi connectivity index (χ3v) is 6.51. The lowest BCUT2D eigenvalue weighted by Gasteiger charge is -2.13. The van der Waals surface area contributed by atoms with Crippen molar-refractivity contribution < 1.29 is 27.5 Å². The number of halogens is 3. The molecule has 0 radical (unpaired) electrons. The molecule has 0 unspecified atom stereocenters. The summed E-state index contributed by atoms with van der Waals surface area (Å²) in [5, 5.41) is 14.1. The molecule has 3 aromatic carbocycles. The van der Waals surface area contributed by atoms with Crippen LogP contribution in [0.1, 0.15) is 27.3 Å². The molecule has 2 N–H and O–H groups in total. The minimum absolute atomic E-state index is 0.0230. The Morgan fingerprint density at radius 1 is 0.949 bits per heavy atom. The van der Waals surface area contributed by atoms with Gasteiger partial charge < -0.3 is 15.4 Å². The van der Waals surface area contributed by atoms with Gasteiger partial charge in [0.15, 0.2) is 11.0 Å². The minimum atomic E-state index is -4.49. The van der Waals surface area contributed by atoms with Gasteiger partial charge in [0.25, 0.3) is 5.91 Å². The minimum Gasteiger partial charge on any atom is -0.497 e. The van der Waals surface area contributed by atoms with Crippen LogP contribution in [0.2, 0.25) is 0 Å². The molecular weight excluding hydrogens is 531 g/mol. The van der Waals surface area contributed by atoms with Crippen LogP contribution in [0.5, 0.6) is 5.75 Å². The van der Waals surface area contributed by atoms with E-state index in [-0.39, 0.29) is 35.1 Å². The number of thioether (sulfide) groups is 1. The highest BCUT2D eigenvalue weighted by molar-refractivity contribution is 7.99. The molecule has 202 valence electrons. The highest BCUT2D eigenvalue weighted by Gasteiger charge is 2.30. The number of carbonyl (C=O) groups excluding carboxylic acids is 2. The van der Waals surface area contributed by atoms with Crippen molar-refractivity contribution in [2.45, 2.75) is 24.8 Å². The molecule has 39 heavy (non-hydrogen) atoms. The van der Waals surface area contributed by atoms with Gasteiger partial charge in [-0.1, -0.05) is 29.5 Å². The molecule has 0 aliphatic carbocycles. The number of carbonyl (C=O) groups is 2. The number of ether oxygens (including phenoxy) is 1. The Balaban J connectivity index is 1.53. The smallest absolute Gasteiger partial charge is 0.416 e. The fraction of sp³-hybridized carbons (Fsp3) is 0.185. The fourth-order valence-corrected chi connectivity index (χ4v) is 4.31. The summed E-state index contributed by atoms with van der Waals surface area (Å²) in [6.45, 7) is 1.88. The first-order valence-corrected chi connectivity index (χ1v) is 12.7. The number of amides is 2. The van der Waals surface area contributed by atoms with Crippen LogP contribution in [0, 0.1) is 6.92 Å². The Hall–Kier alpha value is -4.32. The van der Waals surface area contributed by atoms with E-state index in [1.165, 1.54) is 23.8 Å². The summed E-state index contributed by atoms with van der Waals surface area (Å²) >= 11 is 1.07. The number of aromatic nitrogens is 3. The Labute approximate surface area is 226 Å². The molecule has 8 nitrogen and oxygen atoms in total. The van der Waals surface area contributed by atoms with Gasteiger partial charge in [-0.15, -0.1) is 10.2 Å². The van der Waals surface area contributed by atoms with Crippen LogP contribution in [-0.4, -0.2) is 39.4 Å². The van der Waals surface area contributed by atoms with Gasteiger partial charge in [-0.2, -0.15) is 13.2 Å². The first-order valence-electron chi connectivity index (χ1n) is 11.7. The number of aryl methyl sites for hydroxylation is 1. The third-order valence-electron chi connectivity index (χ3n) is 5.58. The Kier molecular flexibility index (Phi) is 8.55. The standard InChI is InChI=1S/C27H24F3N5O3S/c1-17-3-9-20(10-4-17)32-24(36)16-39-26-34-33-23(15-31-25(37)18-5-13-22(38-2)14-6-18)35(26)21-11-7-19(8-12-21)27(28,29)30/h3-14H,15-16H2,1-2H3,(H,31,37)(H,32,36). The molecule has 0 aliphatic heterocycles. The van der Waals surface area contributed by atoms with E-state index in [0.717, 1.165) is 29.5 Å². The second-order valence-corrected chi connectivity index (χ2v) is 9.34. The molecule has 0 spiro atoms. The van der Waals surface area contributed by atoms with Crippen molar-refractivity contribution in [3.63, 3.8) is 0 Å². The Morgan fingerprint density at radius 2 is 1.62 bits per heavy atom. The van der Waals surface area contributed by atoms with E-state index in [1.807, 2.05) is 19.1 Å². The van der Waals surface area contributed by atoms with E-state index >= 15 is 0 Å². The molecule has 4 aromatic rings. The number of nitrogens with zero attached hydrogens (tertiary/aromatic N) is 3. The van der Waals surface area contributed by atoms with Crippen molar-refractivity contribution in [1.82, 2.24) is 20.1 Å². The van der Waals surface area contributed by atoms with Crippen LogP contribution >= 0.6 is 11.8 Å². The monoisotopic (exact) mass is 555 g/mol. The van der Waals surface area contributed by atoms with E-state index in [9.17, 15) is 22.8 Å². The second kappa shape index (κ2) is 12.0. The van der Waals surface area contributed by atoms with Gasteiger partial charge in [0, 0.05) is 16.9 Å². The van der Waals surface area contributed by atoms with Crippen LogP contribution in [-0.2, 0) is 17.5 Å². The number of anilines is 1. The third kappa shape index (κ3) is 7.17. The highest BCUT2D eigenvalue weighted by atomic mass is 32.2. The maximum absolute atomic E-state index is 13.1. The van der Waals surface area contributed by atoms with Crippen molar-refractivity contribution >= 4 is 29.3 Å².